The van der Waals surface area contributed by atoms with E-state index in [-0.39, 0.29) is 5.41 Å². The van der Waals surface area contributed by atoms with E-state index in [0.717, 1.165) is 0 Å². The van der Waals surface area contributed by atoms with Crippen molar-refractivity contribution < 1.29 is 19.7 Å². The Balaban J connectivity index is 2.01. The van der Waals surface area contributed by atoms with Crippen LogP contribution in [0.3, 0.4) is 0 Å². The average Bonchev–Trinajstić information content (AvgIpc) is 2.36. The normalized spacial score (nSPS) is 40.3. The molecule has 4 nitrogen and oxygen atoms in total. The number of aliphatic hydroxyl groups is 2. The third kappa shape index (κ3) is 1.80. The zero-order chi connectivity index (χ0) is 10.4. The summed E-state index contributed by atoms with van der Waals surface area (Å²) >= 11 is 0. The van der Waals surface area contributed by atoms with Gasteiger partial charge in [0.1, 0.15) is 0 Å². The second-order valence-corrected chi connectivity index (χ2v) is 5.02. The highest BCUT2D eigenvalue weighted by atomic mass is 16.7. The van der Waals surface area contributed by atoms with Crippen LogP contribution in [0.2, 0.25) is 0 Å². The van der Waals surface area contributed by atoms with Crippen LogP contribution in [0.15, 0.2) is 0 Å². The van der Waals surface area contributed by atoms with Gasteiger partial charge in [-0.05, 0) is 26.7 Å². The van der Waals surface area contributed by atoms with Gasteiger partial charge in [-0.3, -0.25) is 0 Å². The van der Waals surface area contributed by atoms with Gasteiger partial charge >= 0.3 is 0 Å². The largest absolute Gasteiger partial charge is 0.390 e. The van der Waals surface area contributed by atoms with Crippen LogP contribution in [-0.2, 0) is 9.47 Å². The lowest BCUT2D eigenvalue weighted by Gasteiger charge is -2.41. The third-order valence-corrected chi connectivity index (χ3v) is 3.18. The number of aliphatic hydroxyl groups excluding tert-OH is 2. The first-order valence-corrected chi connectivity index (χ1v) is 5.07. The molecular weight excluding hydrogens is 184 g/mol. The number of ether oxygens (including phenoxy) is 2. The van der Waals surface area contributed by atoms with E-state index in [1.54, 1.807) is 0 Å². The number of hydrogen-bond acceptors (Lipinski definition) is 4. The first-order valence-electron chi connectivity index (χ1n) is 5.07. The van der Waals surface area contributed by atoms with Crippen LogP contribution in [0.4, 0.5) is 0 Å². The monoisotopic (exact) mass is 202 g/mol. The molecule has 14 heavy (non-hydrogen) atoms. The third-order valence-electron chi connectivity index (χ3n) is 3.18. The Bertz CT molecular complexity index is 204. The van der Waals surface area contributed by atoms with Gasteiger partial charge in [-0.1, -0.05) is 0 Å². The maximum Gasteiger partial charge on any atom is 0.162 e. The maximum absolute atomic E-state index is 9.48. The molecule has 4 heteroatoms. The Morgan fingerprint density at radius 2 is 1.43 bits per heavy atom. The van der Waals surface area contributed by atoms with Gasteiger partial charge in [-0.25, -0.2) is 0 Å². The van der Waals surface area contributed by atoms with Crippen LogP contribution < -0.4 is 0 Å². The van der Waals surface area contributed by atoms with E-state index in [1.165, 1.54) is 0 Å². The van der Waals surface area contributed by atoms with E-state index in [4.69, 9.17) is 9.47 Å². The van der Waals surface area contributed by atoms with Crippen molar-refractivity contribution in [3.8, 4) is 0 Å². The molecule has 2 fully saturated rings. The fourth-order valence-corrected chi connectivity index (χ4v) is 2.22. The zero-order valence-electron chi connectivity index (χ0n) is 8.69. The summed E-state index contributed by atoms with van der Waals surface area (Å²) in [5.41, 5.74) is -0.172. The quantitative estimate of drug-likeness (QED) is 0.592. The minimum absolute atomic E-state index is 0.172. The standard InChI is InChI=1S/C10H18O4/c1-9(2)13-5-10(6-14-9)3-7(11)8(12)4-10/h7-8,11-12H,3-6H2,1-2H3/t7-,8-/m0/s1. The molecule has 1 aliphatic carbocycles. The molecule has 1 aliphatic heterocycles. The molecule has 1 spiro atoms. The van der Waals surface area contributed by atoms with E-state index in [1.807, 2.05) is 13.8 Å². The molecule has 0 bridgehead atoms. The first-order chi connectivity index (χ1) is 6.43. The molecule has 2 atom stereocenters. The van der Waals surface area contributed by atoms with Crippen LogP contribution in [0.25, 0.3) is 0 Å². The Morgan fingerprint density at radius 3 is 1.86 bits per heavy atom. The lowest BCUT2D eigenvalue weighted by Crippen LogP contribution is -2.45. The van der Waals surface area contributed by atoms with Crippen LogP contribution in [-0.4, -0.2) is 41.4 Å². The molecular formula is C10H18O4. The molecule has 82 valence electrons. The van der Waals surface area contributed by atoms with Gasteiger partial charge in [0.05, 0.1) is 25.4 Å². The predicted molar refractivity (Wildman–Crippen MR) is 49.7 cm³/mol. The second-order valence-electron chi connectivity index (χ2n) is 5.02. The highest BCUT2D eigenvalue weighted by Gasteiger charge is 2.48. The second kappa shape index (κ2) is 3.17. The van der Waals surface area contributed by atoms with Gasteiger partial charge in [-0.15, -0.1) is 0 Å². The van der Waals surface area contributed by atoms with Crippen molar-refractivity contribution in [2.75, 3.05) is 13.2 Å². The van der Waals surface area contributed by atoms with Gasteiger partial charge in [0.25, 0.3) is 0 Å². The van der Waals surface area contributed by atoms with Crippen molar-refractivity contribution in [1.82, 2.24) is 0 Å². The predicted octanol–water partition coefficient (Wildman–Crippen LogP) is 0.271. The molecule has 1 heterocycles. The Morgan fingerprint density at radius 1 is 1.00 bits per heavy atom. The fraction of sp³-hybridized carbons (Fsp3) is 1.00. The highest BCUT2D eigenvalue weighted by molar-refractivity contribution is 4.96. The SMILES string of the molecule is CC1(C)OCC2(CO1)C[C@H](O)[C@@H](O)C2. The fourth-order valence-electron chi connectivity index (χ4n) is 2.22. The average molecular weight is 202 g/mol. The summed E-state index contributed by atoms with van der Waals surface area (Å²) in [5.74, 6) is -0.524. The highest BCUT2D eigenvalue weighted by Crippen LogP contribution is 2.43. The van der Waals surface area contributed by atoms with E-state index < -0.39 is 18.0 Å². The Hall–Kier alpha value is -0.160. The lowest BCUT2D eigenvalue weighted by atomic mass is 9.87. The van der Waals surface area contributed by atoms with Gasteiger partial charge in [0.2, 0.25) is 0 Å². The Labute approximate surface area is 83.8 Å². The summed E-state index contributed by atoms with van der Waals surface area (Å²) in [6, 6.07) is 0. The molecule has 0 aromatic rings. The van der Waals surface area contributed by atoms with Crippen molar-refractivity contribution in [2.24, 2.45) is 5.41 Å². The van der Waals surface area contributed by atoms with Crippen molar-refractivity contribution in [1.29, 1.82) is 0 Å². The smallest absolute Gasteiger partial charge is 0.162 e. The molecule has 0 amide bonds. The first kappa shape index (κ1) is 10.4. The zero-order valence-corrected chi connectivity index (χ0v) is 8.69. The molecule has 1 saturated carbocycles. The summed E-state index contributed by atoms with van der Waals surface area (Å²) in [7, 11) is 0. The van der Waals surface area contributed by atoms with Crippen molar-refractivity contribution in [3.63, 3.8) is 0 Å². The molecule has 1 saturated heterocycles. The van der Waals surface area contributed by atoms with Crippen LogP contribution >= 0.6 is 0 Å². The van der Waals surface area contributed by atoms with E-state index in [0.29, 0.717) is 26.1 Å². The minimum atomic E-state index is -0.622. The maximum atomic E-state index is 9.48. The summed E-state index contributed by atoms with van der Waals surface area (Å²) in [4.78, 5) is 0. The lowest BCUT2D eigenvalue weighted by molar-refractivity contribution is -0.285. The van der Waals surface area contributed by atoms with Crippen molar-refractivity contribution in [3.05, 3.63) is 0 Å². The molecule has 0 radical (unpaired) electrons. The number of hydrogen-bond donors (Lipinski definition) is 2. The van der Waals surface area contributed by atoms with Crippen molar-refractivity contribution in [2.45, 2.75) is 44.7 Å². The topological polar surface area (TPSA) is 58.9 Å². The van der Waals surface area contributed by atoms with Crippen LogP contribution in [0.5, 0.6) is 0 Å². The number of rotatable bonds is 0. The molecule has 2 aliphatic rings. The molecule has 2 N–H and O–H groups in total. The molecule has 0 aromatic carbocycles. The van der Waals surface area contributed by atoms with Gasteiger partial charge in [0.15, 0.2) is 5.79 Å². The minimum Gasteiger partial charge on any atom is -0.390 e. The van der Waals surface area contributed by atoms with Crippen molar-refractivity contribution >= 4 is 0 Å². The molecule has 2 rings (SSSR count). The summed E-state index contributed by atoms with van der Waals surface area (Å²) < 4.78 is 11.1. The van der Waals surface area contributed by atoms with E-state index >= 15 is 0 Å². The summed E-state index contributed by atoms with van der Waals surface area (Å²) in [6.45, 7) is 4.88. The van der Waals surface area contributed by atoms with Gasteiger partial charge in [-0.2, -0.15) is 0 Å². The summed E-state index contributed by atoms with van der Waals surface area (Å²) in [6.07, 6.45) is -0.0964. The Kier molecular flexibility index (Phi) is 2.34. The van der Waals surface area contributed by atoms with Gasteiger partial charge in [0, 0.05) is 5.41 Å². The molecule has 0 aromatic heterocycles. The van der Waals surface area contributed by atoms with E-state index in [9.17, 15) is 10.2 Å². The van der Waals surface area contributed by atoms with Gasteiger partial charge < -0.3 is 19.7 Å². The molecule has 0 unspecified atom stereocenters. The van der Waals surface area contributed by atoms with E-state index in [2.05, 4.69) is 0 Å². The van der Waals surface area contributed by atoms with Crippen LogP contribution in [0, 0.1) is 5.41 Å². The van der Waals surface area contributed by atoms with Crippen LogP contribution in [0.1, 0.15) is 26.7 Å². The summed E-state index contributed by atoms with van der Waals surface area (Å²) in [5, 5.41) is 19.0.